The number of H-pyrrole nitrogens is 1. The second-order valence-corrected chi connectivity index (χ2v) is 5.31. The van der Waals surface area contributed by atoms with Crippen molar-refractivity contribution in [2.24, 2.45) is 0 Å². The minimum atomic E-state index is -0.564. The van der Waals surface area contributed by atoms with Gasteiger partial charge < -0.3 is 14.5 Å². The Morgan fingerprint density at radius 2 is 2.08 bits per heavy atom. The van der Waals surface area contributed by atoms with Gasteiger partial charge in [-0.25, -0.2) is 4.98 Å². The second kappa shape index (κ2) is 6.94. The Morgan fingerprint density at radius 3 is 2.69 bits per heavy atom. The lowest BCUT2D eigenvalue weighted by Gasteiger charge is -2.09. The summed E-state index contributed by atoms with van der Waals surface area (Å²) in [5.74, 6) is 0.609. The standard InChI is InChI=1S/C18H14N4O4/c1-25-16-9-11(8-15(22(23)24)17(16)26-2)7-12(10-19)18-20-13-5-3-4-6-14(13)21-18/h3-9H,1-2H3,(H,20,21)/b12-7-. The molecular weight excluding hydrogens is 336 g/mol. The van der Waals surface area contributed by atoms with Crippen LogP contribution in [0.25, 0.3) is 22.7 Å². The van der Waals surface area contributed by atoms with Crippen LogP contribution in [0.3, 0.4) is 0 Å². The molecule has 0 fully saturated rings. The lowest BCUT2D eigenvalue weighted by molar-refractivity contribution is -0.385. The number of rotatable bonds is 5. The Hall–Kier alpha value is -3.86. The van der Waals surface area contributed by atoms with Gasteiger partial charge >= 0.3 is 5.69 Å². The number of hydrogen-bond donors (Lipinski definition) is 1. The van der Waals surface area contributed by atoms with Crippen molar-refractivity contribution in [3.8, 4) is 17.6 Å². The van der Waals surface area contributed by atoms with Crippen molar-refractivity contribution in [3.05, 3.63) is 57.9 Å². The molecule has 0 unspecified atom stereocenters. The van der Waals surface area contributed by atoms with Crippen LogP contribution < -0.4 is 9.47 Å². The van der Waals surface area contributed by atoms with Crippen LogP contribution in [0, 0.1) is 21.4 Å². The van der Waals surface area contributed by atoms with E-state index in [9.17, 15) is 15.4 Å². The Kier molecular flexibility index (Phi) is 4.53. The van der Waals surface area contributed by atoms with Gasteiger partial charge in [0.15, 0.2) is 5.75 Å². The first-order valence-corrected chi connectivity index (χ1v) is 7.54. The first-order valence-electron chi connectivity index (χ1n) is 7.54. The molecule has 0 saturated carbocycles. The van der Waals surface area contributed by atoms with E-state index in [1.807, 2.05) is 24.3 Å². The number of nitrogens with one attached hydrogen (secondary N) is 1. The predicted molar refractivity (Wildman–Crippen MR) is 95.8 cm³/mol. The second-order valence-electron chi connectivity index (χ2n) is 5.31. The SMILES string of the molecule is COc1cc(/C=C(/C#N)c2nc3ccccc3[nH]2)cc([N+](=O)[O-])c1OC. The molecule has 26 heavy (non-hydrogen) atoms. The van der Waals surface area contributed by atoms with Crippen LogP contribution in [-0.2, 0) is 0 Å². The number of nitro groups is 1. The van der Waals surface area contributed by atoms with Crippen LogP contribution in [0.15, 0.2) is 36.4 Å². The zero-order chi connectivity index (χ0) is 18.7. The summed E-state index contributed by atoms with van der Waals surface area (Å²) in [6.45, 7) is 0. The molecule has 0 aliphatic carbocycles. The quantitative estimate of drug-likeness (QED) is 0.427. The number of hydrogen-bond acceptors (Lipinski definition) is 6. The van der Waals surface area contributed by atoms with Gasteiger partial charge in [0.05, 0.1) is 35.7 Å². The number of imidazole rings is 1. The molecule has 3 rings (SSSR count). The number of fused-ring (bicyclic) bond motifs is 1. The molecule has 0 bridgehead atoms. The van der Waals surface area contributed by atoms with Crippen LogP contribution in [0.5, 0.6) is 11.5 Å². The Morgan fingerprint density at radius 1 is 1.31 bits per heavy atom. The summed E-state index contributed by atoms with van der Waals surface area (Å²) in [5.41, 5.74) is 1.93. The van der Waals surface area contributed by atoms with Gasteiger partial charge in [-0.15, -0.1) is 0 Å². The van der Waals surface area contributed by atoms with Gasteiger partial charge in [0, 0.05) is 6.07 Å². The molecule has 3 aromatic rings. The van der Waals surface area contributed by atoms with Crippen molar-refractivity contribution in [1.82, 2.24) is 9.97 Å². The van der Waals surface area contributed by atoms with Gasteiger partial charge in [-0.3, -0.25) is 10.1 Å². The molecule has 0 saturated heterocycles. The predicted octanol–water partition coefficient (Wildman–Crippen LogP) is 3.55. The van der Waals surface area contributed by atoms with E-state index in [4.69, 9.17) is 9.47 Å². The smallest absolute Gasteiger partial charge is 0.315 e. The van der Waals surface area contributed by atoms with E-state index in [2.05, 4.69) is 16.0 Å². The van der Waals surface area contributed by atoms with E-state index in [1.165, 1.54) is 26.4 Å². The fraction of sp³-hybridized carbons (Fsp3) is 0.111. The van der Waals surface area contributed by atoms with E-state index in [-0.39, 0.29) is 22.8 Å². The van der Waals surface area contributed by atoms with Crippen molar-refractivity contribution in [1.29, 1.82) is 5.26 Å². The van der Waals surface area contributed by atoms with E-state index >= 15 is 0 Å². The largest absolute Gasteiger partial charge is 0.493 e. The Bertz CT molecular complexity index is 1030. The zero-order valence-corrected chi connectivity index (χ0v) is 14.0. The van der Waals surface area contributed by atoms with E-state index in [0.29, 0.717) is 11.4 Å². The van der Waals surface area contributed by atoms with E-state index < -0.39 is 4.92 Å². The number of methoxy groups -OCH3 is 2. The van der Waals surface area contributed by atoms with Gasteiger partial charge in [0.1, 0.15) is 11.9 Å². The number of aromatic nitrogens is 2. The molecule has 1 aromatic heterocycles. The monoisotopic (exact) mass is 350 g/mol. The average Bonchev–Trinajstić information content (AvgIpc) is 3.09. The normalized spacial score (nSPS) is 11.2. The maximum Gasteiger partial charge on any atom is 0.315 e. The van der Waals surface area contributed by atoms with Gasteiger partial charge in [0.25, 0.3) is 0 Å². The van der Waals surface area contributed by atoms with Crippen LogP contribution in [0.4, 0.5) is 5.69 Å². The summed E-state index contributed by atoms with van der Waals surface area (Å²) in [6, 6.07) is 12.3. The molecule has 0 spiro atoms. The summed E-state index contributed by atoms with van der Waals surface area (Å²) in [7, 11) is 2.72. The fourth-order valence-corrected chi connectivity index (χ4v) is 2.58. The summed E-state index contributed by atoms with van der Waals surface area (Å²) >= 11 is 0. The third kappa shape index (κ3) is 3.06. The number of para-hydroxylation sites is 2. The number of aromatic amines is 1. The fourth-order valence-electron chi connectivity index (χ4n) is 2.58. The highest BCUT2D eigenvalue weighted by Gasteiger charge is 2.21. The highest BCUT2D eigenvalue weighted by atomic mass is 16.6. The highest BCUT2D eigenvalue weighted by molar-refractivity contribution is 5.91. The molecular formula is C18H14N4O4. The topological polar surface area (TPSA) is 114 Å². The number of ether oxygens (including phenoxy) is 2. The highest BCUT2D eigenvalue weighted by Crippen LogP contribution is 2.38. The van der Waals surface area contributed by atoms with Crippen molar-refractivity contribution in [3.63, 3.8) is 0 Å². The third-order valence-electron chi connectivity index (χ3n) is 3.75. The minimum Gasteiger partial charge on any atom is -0.493 e. The van der Waals surface area contributed by atoms with Crippen molar-refractivity contribution in [2.75, 3.05) is 14.2 Å². The molecule has 130 valence electrons. The van der Waals surface area contributed by atoms with Gasteiger partial charge in [-0.2, -0.15) is 5.26 Å². The lowest BCUT2D eigenvalue weighted by Crippen LogP contribution is -1.98. The molecule has 0 radical (unpaired) electrons. The van der Waals surface area contributed by atoms with Crippen molar-refractivity contribution < 1.29 is 14.4 Å². The molecule has 0 aliphatic heterocycles. The van der Waals surface area contributed by atoms with Crippen LogP contribution in [0.2, 0.25) is 0 Å². The molecule has 2 aromatic carbocycles. The first kappa shape index (κ1) is 17.0. The molecule has 0 amide bonds. The van der Waals surface area contributed by atoms with Crippen LogP contribution in [-0.4, -0.2) is 29.1 Å². The van der Waals surface area contributed by atoms with Gasteiger partial charge in [-0.1, -0.05) is 12.1 Å². The lowest BCUT2D eigenvalue weighted by atomic mass is 10.1. The molecule has 8 nitrogen and oxygen atoms in total. The van der Waals surface area contributed by atoms with Crippen LogP contribution in [0.1, 0.15) is 11.4 Å². The number of benzene rings is 2. The maximum atomic E-state index is 11.3. The average molecular weight is 350 g/mol. The summed E-state index contributed by atoms with van der Waals surface area (Å²) in [4.78, 5) is 18.2. The summed E-state index contributed by atoms with van der Waals surface area (Å²) in [6.07, 6.45) is 1.51. The van der Waals surface area contributed by atoms with Crippen LogP contribution >= 0.6 is 0 Å². The Balaban J connectivity index is 2.13. The van der Waals surface area contributed by atoms with Gasteiger partial charge in [-0.05, 0) is 29.8 Å². The third-order valence-corrected chi connectivity index (χ3v) is 3.75. The van der Waals surface area contributed by atoms with Crippen molar-refractivity contribution >= 4 is 28.4 Å². The summed E-state index contributed by atoms with van der Waals surface area (Å²) in [5, 5.41) is 20.8. The van der Waals surface area contributed by atoms with E-state index in [1.54, 1.807) is 6.07 Å². The maximum absolute atomic E-state index is 11.3. The molecule has 8 heteroatoms. The van der Waals surface area contributed by atoms with Gasteiger partial charge in [0.2, 0.25) is 5.75 Å². The number of nitriles is 1. The molecule has 0 aliphatic rings. The van der Waals surface area contributed by atoms with E-state index in [0.717, 1.165) is 11.0 Å². The van der Waals surface area contributed by atoms with Crippen molar-refractivity contribution in [2.45, 2.75) is 0 Å². The molecule has 1 heterocycles. The molecule has 0 atom stereocenters. The number of nitrogens with zero attached hydrogens (tertiary/aromatic N) is 3. The number of nitro benzene ring substituents is 1. The zero-order valence-electron chi connectivity index (χ0n) is 14.0. The summed E-state index contributed by atoms with van der Waals surface area (Å²) < 4.78 is 10.2. The minimum absolute atomic E-state index is 0.0249. The Labute approximate surface area is 148 Å². The molecule has 1 N–H and O–H groups in total. The number of allylic oxidation sites excluding steroid dienone is 1. The first-order chi connectivity index (χ1) is 12.6.